The molecule has 6 nitrogen and oxygen atoms in total. The molecule has 2 rings (SSSR count). The summed E-state index contributed by atoms with van der Waals surface area (Å²) < 4.78 is 30.3. The van der Waals surface area contributed by atoms with E-state index in [-0.39, 0.29) is 23.2 Å². The number of benzene rings is 2. The van der Waals surface area contributed by atoms with Crippen molar-refractivity contribution in [1.82, 2.24) is 0 Å². The molecule has 0 fully saturated rings. The number of guanidine groups is 1. The summed E-state index contributed by atoms with van der Waals surface area (Å²) >= 11 is 3.28. The smallest absolute Gasteiger partial charge is 0.193 e. The highest BCUT2D eigenvalue weighted by Gasteiger charge is 2.13. The summed E-state index contributed by atoms with van der Waals surface area (Å²) in [5.41, 5.74) is 6.51. The molecule has 0 spiro atoms. The zero-order valence-corrected chi connectivity index (χ0v) is 15.5. The molecule has 2 aromatic rings. The number of nitrogens with two attached hydrogens (primary N) is 1. The van der Waals surface area contributed by atoms with E-state index in [0.29, 0.717) is 0 Å². The van der Waals surface area contributed by atoms with Crippen molar-refractivity contribution in [1.29, 1.82) is 0 Å². The molecular weight excluding hydrogens is 394 g/mol. The van der Waals surface area contributed by atoms with Gasteiger partial charge in [-0.25, -0.2) is 8.42 Å². The quantitative estimate of drug-likeness (QED) is 0.562. The van der Waals surface area contributed by atoms with Crippen LogP contribution in [-0.2, 0) is 9.84 Å². The Kier molecular flexibility index (Phi) is 6.22. The molecule has 0 aliphatic rings. The molecule has 0 atom stereocenters. The predicted octanol–water partition coefficient (Wildman–Crippen LogP) is 2.66. The molecular formula is C16H18BrN3O3S. The van der Waals surface area contributed by atoms with Gasteiger partial charge < -0.3 is 15.8 Å². The van der Waals surface area contributed by atoms with Crippen molar-refractivity contribution in [3.63, 3.8) is 0 Å². The van der Waals surface area contributed by atoms with Crippen molar-refractivity contribution < 1.29 is 13.2 Å². The summed E-state index contributed by atoms with van der Waals surface area (Å²) in [6.45, 7) is 0.0768. The molecule has 2 aromatic carbocycles. The second kappa shape index (κ2) is 8.16. The molecule has 0 bridgehead atoms. The van der Waals surface area contributed by atoms with Crippen molar-refractivity contribution in [2.24, 2.45) is 10.7 Å². The second-order valence-electron chi connectivity index (χ2n) is 4.89. The van der Waals surface area contributed by atoms with E-state index in [0.717, 1.165) is 15.9 Å². The van der Waals surface area contributed by atoms with Crippen molar-refractivity contribution >= 4 is 37.4 Å². The molecule has 0 aliphatic heterocycles. The minimum absolute atomic E-state index is 0.0768. The van der Waals surface area contributed by atoms with Crippen LogP contribution in [0.2, 0.25) is 0 Å². The lowest BCUT2D eigenvalue weighted by atomic mass is 10.3. The highest BCUT2D eigenvalue weighted by molar-refractivity contribution is 9.10. The van der Waals surface area contributed by atoms with Crippen molar-refractivity contribution in [3.05, 3.63) is 53.0 Å². The Morgan fingerprint density at radius 1 is 1.17 bits per heavy atom. The number of anilines is 1. The van der Waals surface area contributed by atoms with Gasteiger partial charge in [0.1, 0.15) is 5.75 Å². The third-order valence-electron chi connectivity index (χ3n) is 3.18. The summed E-state index contributed by atoms with van der Waals surface area (Å²) in [5, 5.41) is 2.90. The summed E-state index contributed by atoms with van der Waals surface area (Å²) in [4.78, 5) is 4.32. The number of nitrogens with zero attached hydrogens (tertiary/aromatic N) is 1. The van der Waals surface area contributed by atoms with E-state index in [9.17, 15) is 8.42 Å². The van der Waals surface area contributed by atoms with Gasteiger partial charge in [-0.05, 0) is 48.5 Å². The first-order valence-corrected chi connectivity index (χ1v) is 9.54. The summed E-state index contributed by atoms with van der Waals surface area (Å²) in [5.74, 6) is 0.780. The fourth-order valence-electron chi connectivity index (χ4n) is 1.91. The maximum Gasteiger partial charge on any atom is 0.193 e. The van der Waals surface area contributed by atoms with Crippen LogP contribution >= 0.6 is 15.9 Å². The molecule has 24 heavy (non-hydrogen) atoms. The van der Waals surface area contributed by atoms with Gasteiger partial charge >= 0.3 is 0 Å². The van der Waals surface area contributed by atoms with Crippen LogP contribution in [0.15, 0.2) is 62.9 Å². The third kappa shape index (κ3) is 5.24. The lowest BCUT2D eigenvalue weighted by Crippen LogP contribution is -2.23. The molecule has 3 N–H and O–H groups in total. The Hall–Kier alpha value is -2.06. The van der Waals surface area contributed by atoms with Gasteiger partial charge in [0.05, 0.1) is 24.3 Å². The number of rotatable bonds is 6. The molecule has 0 radical (unpaired) electrons. The molecule has 0 unspecified atom stereocenters. The van der Waals surface area contributed by atoms with E-state index in [1.54, 1.807) is 55.6 Å². The number of sulfone groups is 1. The van der Waals surface area contributed by atoms with E-state index < -0.39 is 9.84 Å². The first-order chi connectivity index (χ1) is 11.4. The number of ether oxygens (including phenoxy) is 1. The van der Waals surface area contributed by atoms with Crippen molar-refractivity contribution in [2.75, 3.05) is 24.7 Å². The van der Waals surface area contributed by atoms with Gasteiger partial charge in [-0.15, -0.1) is 0 Å². The van der Waals surface area contributed by atoms with E-state index in [1.807, 2.05) is 0 Å². The minimum atomic E-state index is -3.38. The van der Waals surface area contributed by atoms with Crippen LogP contribution in [0.4, 0.5) is 5.69 Å². The fourth-order valence-corrected chi connectivity index (χ4v) is 3.29. The predicted molar refractivity (Wildman–Crippen MR) is 99.3 cm³/mol. The summed E-state index contributed by atoms with van der Waals surface area (Å²) in [6, 6.07) is 13.6. The number of halogens is 1. The highest BCUT2D eigenvalue weighted by Crippen LogP contribution is 2.16. The van der Waals surface area contributed by atoms with E-state index in [1.165, 1.54) is 0 Å². The molecule has 0 heterocycles. The zero-order chi connectivity index (χ0) is 17.6. The second-order valence-corrected chi connectivity index (χ2v) is 7.92. The van der Waals surface area contributed by atoms with Crippen LogP contribution in [0.25, 0.3) is 0 Å². The maximum atomic E-state index is 12.2. The average molecular weight is 412 g/mol. The molecule has 0 saturated heterocycles. The van der Waals surface area contributed by atoms with Crippen LogP contribution < -0.4 is 15.8 Å². The number of hydrogen-bond acceptors (Lipinski definition) is 4. The van der Waals surface area contributed by atoms with Crippen LogP contribution in [0.3, 0.4) is 0 Å². The zero-order valence-electron chi connectivity index (χ0n) is 13.1. The maximum absolute atomic E-state index is 12.2. The van der Waals surface area contributed by atoms with Gasteiger partial charge in [0, 0.05) is 10.2 Å². The lowest BCUT2D eigenvalue weighted by molar-refractivity contribution is 0.415. The Bertz CT molecular complexity index is 803. The van der Waals surface area contributed by atoms with E-state index in [2.05, 4.69) is 26.2 Å². The van der Waals surface area contributed by atoms with Gasteiger partial charge in [0.15, 0.2) is 15.8 Å². The van der Waals surface area contributed by atoms with E-state index in [4.69, 9.17) is 10.5 Å². The minimum Gasteiger partial charge on any atom is -0.497 e. The number of hydrogen-bond donors (Lipinski definition) is 2. The number of nitrogens with one attached hydrogen (secondary N) is 1. The molecule has 0 aliphatic carbocycles. The molecule has 128 valence electrons. The Labute approximate surface area is 149 Å². The Balaban J connectivity index is 1.93. The van der Waals surface area contributed by atoms with Gasteiger partial charge in [-0.1, -0.05) is 15.9 Å². The lowest BCUT2D eigenvalue weighted by Gasteiger charge is -2.07. The van der Waals surface area contributed by atoms with Crippen LogP contribution in [0.5, 0.6) is 5.75 Å². The van der Waals surface area contributed by atoms with Gasteiger partial charge in [-0.2, -0.15) is 0 Å². The van der Waals surface area contributed by atoms with Crippen LogP contribution in [-0.4, -0.2) is 33.8 Å². The standard InChI is InChI=1S/C16H18BrN3O3S/c1-23-14-6-4-13(5-7-14)20-16(18)19-10-11-24(21,22)15-8-2-12(17)3-9-15/h2-9H,10-11H2,1H3,(H3,18,19,20). The first-order valence-electron chi connectivity index (χ1n) is 7.10. The average Bonchev–Trinajstić information content (AvgIpc) is 2.56. The topological polar surface area (TPSA) is 93.8 Å². The van der Waals surface area contributed by atoms with Crippen LogP contribution in [0, 0.1) is 0 Å². The Morgan fingerprint density at radius 2 is 1.79 bits per heavy atom. The highest BCUT2D eigenvalue weighted by atomic mass is 79.9. The SMILES string of the molecule is COc1ccc(NC(N)=NCCS(=O)(=O)c2ccc(Br)cc2)cc1. The third-order valence-corrected chi connectivity index (χ3v) is 5.42. The van der Waals surface area contributed by atoms with Crippen molar-refractivity contribution in [2.45, 2.75) is 4.90 Å². The van der Waals surface area contributed by atoms with Gasteiger partial charge in [0.25, 0.3) is 0 Å². The van der Waals surface area contributed by atoms with Gasteiger partial charge in [0.2, 0.25) is 0 Å². The summed E-state index contributed by atoms with van der Waals surface area (Å²) in [6.07, 6.45) is 0. The van der Waals surface area contributed by atoms with E-state index >= 15 is 0 Å². The molecule has 0 saturated carbocycles. The number of aliphatic imine (C=N–C) groups is 1. The molecule has 0 aromatic heterocycles. The normalized spacial score (nSPS) is 12.0. The Morgan fingerprint density at radius 3 is 2.38 bits per heavy atom. The fraction of sp³-hybridized carbons (Fsp3) is 0.188. The van der Waals surface area contributed by atoms with Crippen molar-refractivity contribution in [3.8, 4) is 5.75 Å². The molecule has 8 heteroatoms. The molecule has 0 amide bonds. The summed E-state index contributed by atoms with van der Waals surface area (Å²) in [7, 11) is -1.79. The largest absolute Gasteiger partial charge is 0.497 e. The van der Waals surface area contributed by atoms with Gasteiger partial charge in [-0.3, -0.25) is 4.99 Å². The monoisotopic (exact) mass is 411 g/mol. The number of methoxy groups -OCH3 is 1. The van der Waals surface area contributed by atoms with Crippen LogP contribution in [0.1, 0.15) is 0 Å². The first kappa shape index (κ1) is 18.3.